The van der Waals surface area contributed by atoms with Crippen LogP contribution >= 0.6 is 23.4 Å². The molecule has 1 N–H and O–H groups in total. The van der Waals surface area contributed by atoms with Crippen LogP contribution < -0.4 is 0 Å². The molecular weight excluding hydrogens is 391 g/mol. The molecule has 0 amide bonds. The Morgan fingerprint density at radius 1 is 1.31 bits per heavy atom. The molecule has 0 saturated carbocycles. The Kier molecular flexibility index (Phi) is 5.10. The molecule has 0 aliphatic heterocycles. The smallest absolute Gasteiger partial charge is 0.417 e. The van der Waals surface area contributed by atoms with Crippen molar-refractivity contribution in [3.8, 4) is 0 Å². The van der Waals surface area contributed by atoms with Crippen molar-refractivity contribution >= 4 is 40.4 Å². The SMILES string of the molecule is O=C(O)CCn1c(Sc2ncc(C(F)(F)F)cc2Cl)nc2ccccc21. The summed E-state index contributed by atoms with van der Waals surface area (Å²) in [5.74, 6) is -0.968. The number of halogens is 4. The Balaban J connectivity index is 1.98. The highest BCUT2D eigenvalue weighted by Crippen LogP contribution is 2.37. The van der Waals surface area contributed by atoms with Crippen molar-refractivity contribution in [2.24, 2.45) is 0 Å². The number of aryl methyl sites for hydroxylation is 1. The molecule has 2 heterocycles. The van der Waals surface area contributed by atoms with Crippen molar-refractivity contribution in [3.63, 3.8) is 0 Å². The first kappa shape index (κ1) is 18.5. The topological polar surface area (TPSA) is 68.0 Å². The van der Waals surface area contributed by atoms with Crippen LogP contribution in [-0.4, -0.2) is 25.6 Å². The number of pyridine rings is 1. The number of fused-ring (bicyclic) bond motifs is 1. The van der Waals surface area contributed by atoms with E-state index in [-0.39, 0.29) is 23.0 Å². The Bertz CT molecular complexity index is 975. The van der Waals surface area contributed by atoms with Crippen LogP contribution in [0.25, 0.3) is 11.0 Å². The second-order valence-corrected chi connectivity index (χ2v) is 6.65. The summed E-state index contributed by atoms with van der Waals surface area (Å²) in [5, 5.41) is 9.35. The highest BCUT2D eigenvalue weighted by Gasteiger charge is 2.31. The van der Waals surface area contributed by atoms with E-state index in [2.05, 4.69) is 9.97 Å². The Morgan fingerprint density at radius 3 is 2.69 bits per heavy atom. The Morgan fingerprint density at radius 2 is 2.04 bits per heavy atom. The van der Waals surface area contributed by atoms with Gasteiger partial charge < -0.3 is 9.67 Å². The molecule has 0 atom stereocenters. The van der Waals surface area contributed by atoms with E-state index in [9.17, 15) is 18.0 Å². The summed E-state index contributed by atoms with van der Waals surface area (Å²) in [6, 6.07) is 7.93. The molecule has 0 aliphatic rings. The molecule has 5 nitrogen and oxygen atoms in total. The number of carbonyl (C=O) groups is 1. The van der Waals surface area contributed by atoms with Gasteiger partial charge in [-0.1, -0.05) is 23.7 Å². The first-order chi connectivity index (χ1) is 12.3. The number of carboxylic acids is 1. The van der Waals surface area contributed by atoms with Gasteiger partial charge in [0.2, 0.25) is 0 Å². The summed E-state index contributed by atoms with van der Waals surface area (Å²) in [5.41, 5.74) is 0.425. The van der Waals surface area contributed by atoms with Gasteiger partial charge in [0.25, 0.3) is 0 Å². The fourth-order valence-electron chi connectivity index (χ4n) is 2.30. The second kappa shape index (κ2) is 7.16. The monoisotopic (exact) mass is 401 g/mol. The van der Waals surface area contributed by atoms with E-state index < -0.39 is 17.7 Å². The summed E-state index contributed by atoms with van der Waals surface area (Å²) in [7, 11) is 0. The molecule has 0 radical (unpaired) electrons. The second-order valence-electron chi connectivity index (χ2n) is 5.29. The predicted octanol–water partition coefficient (Wildman–Crippen LogP) is 4.73. The Labute approximate surface area is 154 Å². The zero-order valence-corrected chi connectivity index (χ0v) is 14.6. The molecule has 3 rings (SSSR count). The standard InChI is InChI=1S/C16H11ClF3N3O2S/c17-10-7-9(16(18,19)20)8-21-14(10)26-15-22-11-3-1-2-4-12(11)23(15)6-5-13(24)25/h1-4,7-8H,5-6H2,(H,24,25). The first-order valence-corrected chi connectivity index (χ1v) is 8.53. The van der Waals surface area contributed by atoms with E-state index in [1.165, 1.54) is 0 Å². The fourth-order valence-corrected chi connectivity index (χ4v) is 3.46. The lowest BCUT2D eigenvalue weighted by atomic mass is 10.3. The van der Waals surface area contributed by atoms with Gasteiger partial charge in [0.05, 0.1) is 28.0 Å². The molecule has 0 saturated heterocycles. The summed E-state index contributed by atoms with van der Waals surface area (Å²) in [6.07, 6.45) is -3.95. The van der Waals surface area contributed by atoms with Gasteiger partial charge in [-0.2, -0.15) is 13.2 Å². The predicted molar refractivity (Wildman–Crippen MR) is 90.4 cm³/mol. The quantitative estimate of drug-likeness (QED) is 0.669. The van der Waals surface area contributed by atoms with Crippen molar-refractivity contribution in [1.82, 2.24) is 14.5 Å². The van der Waals surface area contributed by atoms with Crippen LogP contribution in [0.5, 0.6) is 0 Å². The number of carboxylic acid groups (broad SMARTS) is 1. The number of benzene rings is 1. The van der Waals surface area contributed by atoms with Gasteiger partial charge in [0, 0.05) is 12.7 Å². The zero-order chi connectivity index (χ0) is 18.9. The highest BCUT2D eigenvalue weighted by molar-refractivity contribution is 7.99. The lowest BCUT2D eigenvalue weighted by molar-refractivity contribution is -0.138. The minimum Gasteiger partial charge on any atom is -0.481 e. The summed E-state index contributed by atoms with van der Waals surface area (Å²) in [4.78, 5) is 19.1. The maximum atomic E-state index is 12.7. The van der Waals surface area contributed by atoms with Crippen LogP contribution in [0.15, 0.2) is 46.7 Å². The summed E-state index contributed by atoms with van der Waals surface area (Å²) in [6.45, 7) is 0.163. The van der Waals surface area contributed by atoms with E-state index in [4.69, 9.17) is 16.7 Å². The number of alkyl halides is 3. The maximum absolute atomic E-state index is 12.7. The van der Waals surface area contributed by atoms with E-state index >= 15 is 0 Å². The fraction of sp³-hybridized carbons (Fsp3) is 0.188. The van der Waals surface area contributed by atoms with E-state index in [1.807, 2.05) is 0 Å². The molecule has 1 aromatic carbocycles. The lowest BCUT2D eigenvalue weighted by Crippen LogP contribution is -2.07. The van der Waals surface area contributed by atoms with Crippen molar-refractivity contribution in [3.05, 3.63) is 47.1 Å². The van der Waals surface area contributed by atoms with Gasteiger partial charge >= 0.3 is 12.1 Å². The number of hydrogen-bond donors (Lipinski definition) is 1. The molecule has 10 heteroatoms. The number of aliphatic carboxylic acids is 1. The average molecular weight is 402 g/mol. The maximum Gasteiger partial charge on any atom is 0.417 e. The van der Waals surface area contributed by atoms with Crippen LogP contribution in [-0.2, 0) is 17.5 Å². The molecule has 136 valence electrons. The van der Waals surface area contributed by atoms with Crippen LogP contribution in [0.3, 0.4) is 0 Å². The molecule has 2 aromatic heterocycles. The van der Waals surface area contributed by atoms with Crippen LogP contribution in [0, 0.1) is 0 Å². The largest absolute Gasteiger partial charge is 0.481 e. The van der Waals surface area contributed by atoms with E-state index in [0.717, 1.165) is 23.3 Å². The zero-order valence-electron chi connectivity index (χ0n) is 13.0. The van der Waals surface area contributed by atoms with Gasteiger partial charge in [-0.15, -0.1) is 0 Å². The Hall–Kier alpha value is -2.26. The number of nitrogens with zero attached hydrogens (tertiary/aromatic N) is 3. The molecule has 0 fully saturated rings. The molecule has 26 heavy (non-hydrogen) atoms. The molecule has 0 aliphatic carbocycles. The van der Waals surface area contributed by atoms with Gasteiger partial charge in [0.1, 0.15) is 5.03 Å². The van der Waals surface area contributed by atoms with Crippen molar-refractivity contribution in [2.75, 3.05) is 0 Å². The minimum absolute atomic E-state index is 0.123. The van der Waals surface area contributed by atoms with Gasteiger partial charge in [0.15, 0.2) is 5.16 Å². The van der Waals surface area contributed by atoms with Crippen LogP contribution in [0.1, 0.15) is 12.0 Å². The number of aromatic nitrogens is 3. The van der Waals surface area contributed by atoms with Crippen molar-refractivity contribution in [2.45, 2.75) is 29.3 Å². The number of imidazole rings is 1. The average Bonchev–Trinajstić information content (AvgIpc) is 2.91. The highest BCUT2D eigenvalue weighted by atomic mass is 35.5. The third-order valence-electron chi connectivity index (χ3n) is 3.49. The van der Waals surface area contributed by atoms with E-state index in [0.29, 0.717) is 16.9 Å². The molecule has 0 bridgehead atoms. The molecular formula is C16H11ClF3N3O2S. The molecule has 0 spiro atoms. The first-order valence-electron chi connectivity index (χ1n) is 7.33. The summed E-state index contributed by atoms with van der Waals surface area (Å²) < 4.78 is 39.9. The summed E-state index contributed by atoms with van der Waals surface area (Å²) >= 11 is 6.94. The van der Waals surface area contributed by atoms with Gasteiger partial charge in [-0.25, -0.2) is 9.97 Å². The molecule has 0 unspecified atom stereocenters. The third-order valence-corrected chi connectivity index (χ3v) is 4.90. The molecule has 3 aromatic rings. The van der Waals surface area contributed by atoms with Crippen LogP contribution in [0.4, 0.5) is 13.2 Å². The number of para-hydroxylation sites is 2. The van der Waals surface area contributed by atoms with Crippen molar-refractivity contribution < 1.29 is 23.1 Å². The normalized spacial score (nSPS) is 11.8. The number of rotatable bonds is 5. The van der Waals surface area contributed by atoms with Crippen molar-refractivity contribution in [1.29, 1.82) is 0 Å². The third kappa shape index (κ3) is 3.94. The van der Waals surface area contributed by atoms with E-state index in [1.54, 1.807) is 28.8 Å². The number of hydrogen-bond acceptors (Lipinski definition) is 4. The minimum atomic E-state index is -4.53. The van der Waals surface area contributed by atoms with Gasteiger partial charge in [-0.05, 0) is 30.0 Å². The van der Waals surface area contributed by atoms with Gasteiger partial charge in [-0.3, -0.25) is 4.79 Å². The van der Waals surface area contributed by atoms with Crippen LogP contribution in [0.2, 0.25) is 5.02 Å². The lowest BCUT2D eigenvalue weighted by Gasteiger charge is -2.10.